The lowest BCUT2D eigenvalue weighted by Gasteiger charge is -2.34. The quantitative estimate of drug-likeness (QED) is 0.382. The van der Waals surface area contributed by atoms with Gasteiger partial charge in [-0.1, -0.05) is 0 Å². The summed E-state index contributed by atoms with van der Waals surface area (Å²) in [4.78, 5) is 22.3. The molecular weight excluding hydrogens is 456 g/mol. The van der Waals surface area contributed by atoms with Gasteiger partial charge in [0.25, 0.3) is 11.4 Å². The molecule has 3 aromatic rings. The van der Waals surface area contributed by atoms with Crippen molar-refractivity contribution >= 4 is 27.2 Å². The van der Waals surface area contributed by atoms with Gasteiger partial charge in [0.1, 0.15) is 11.3 Å². The minimum absolute atomic E-state index is 0.0689. The Kier molecular flexibility index (Phi) is 5.78. The minimum Gasteiger partial charge on any atom is -0.463 e. The largest absolute Gasteiger partial charge is 0.463 e. The molecule has 0 amide bonds. The number of rotatable bonds is 6. The zero-order chi connectivity index (χ0) is 23.8. The summed E-state index contributed by atoms with van der Waals surface area (Å²) in [6, 6.07) is 8.72. The number of aromatic nitrogens is 2. The maximum atomic E-state index is 13.1. The topological polar surface area (TPSA) is 166 Å². The second kappa shape index (κ2) is 8.55. The van der Waals surface area contributed by atoms with Crippen LogP contribution in [0.15, 0.2) is 52.0 Å². The van der Waals surface area contributed by atoms with Gasteiger partial charge in [-0.2, -0.15) is 4.31 Å². The van der Waals surface area contributed by atoms with Crippen LogP contribution in [0.3, 0.4) is 0 Å². The van der Waals surface area contributed by atoms with E-state index in [0.29, 0.717) is 30.4 Å². The maximum Gasteiger partial charge on any atom is 0.280 e. The number of nitro benzene ring substituents is 2. The molecule has 0 N–H and O–H groups in total. The zero-order valence-electron chi connectivity index (χ0n) is 17.3. The van der Waals surface area contributed by atoms with E-state index in [4.69, 9.17) is 4.42 Å². The van der Waals surface area contributed by atoms with Crippen LogP contribution in [0.4, 0.5) is 17.2 Å². The van der Waals surface area contributed by atoms with Crippen molar-refractivity contribution in [3.05, 3.63) is 68.5 Å². The predicted molar refractivity (Wildman–Crippen MR) is 115 cm³/mol. The third kappa shape index (κ3) is 4.25. The van der Waals surface area contributed by atoms with Gasteiger partial charge >= 0.3 is 0 Å². The first-order chi connectivity index (χ1) is 15.7. The number of anilines is 1. The molecule has 0 unspecified atom stereocenters. The molecule has 0 atom stereocenters. The Morgan fingerprint density at radius 2 is 1.61 bits per heavy atom. The SMILES string of the molecule is Cc1c([N+](=O)[O-])cc(S(=O)(=O)N2CCN(c3ccc(-c4ccco4)nn3)CC2)cc1[N+](=O)[O-]. The molecule has 4 rings (SSSR count). The van der Waals surface area contributed by atoms with Crippen molar-refractivity contribution < 1.29 is 22.7 Å². The molecule has 1 saturated heterocycles. The molecule has 0 saturated carbocycles. The van der Waals surface area contributed by atoms with Crippen molar-refractivity contribution in [1.29, 1.82) is 0 Å². The first-order valence-electron chi connectivity index (χ1n) is 9.74. The molecule has 1 fully saturated rings. The number of nitro groups is 2. The fourth-order valence-electron chi connectivity index (χ4n) is 3.54. The highest BCUT2D eigenvalue weighted by atomic mass is 32.2. The summed E-state index contributed by atoms with van der Waals surface area (Å²) in [6.45, 7) is 1.94. The van der Waals surface area contributed by atoms with E-state index in [-0.39, 0.29) is 18.7 Å². The predicted octanol–water partition coefficient (Wildman–Crippen LogP) is 2.37. The Balaban J connectivity index is 1.52. The summed E-state index contributed by atoms with van der Waals surface area (Å²) >= 11 is 0. The summed E-state index contributed by atoms with van der Waals surface area (Å²) < 4.78 is 32.6. The second-order valence-corrected chi connectivity index (χ2v) is 9.18. The van der Waals surface area contributed by atoms with E-state index in [1.54, 1.807) is 24.3 Å². The average molecular weight is 474 g/mol. The Bertz CT molecular complexity index is 1270. The van der Waals surface area contributed by atoms with Gasteiger partial charge in [0, 0.05) is 38.3 Å². The van der Waals surface area contributed by atoms with Crippen molar-refractivity contribution in [1.82, 2.24) is 14.5 Å². The van der Waals surface area contributed by atoms with E-state index in [9.17, 15) is 28.6 Å². The van der Waals surface area contributed by atoms with Gasteiger partial charge in [0.05, 0.1) is 21.0 Å². The fraction of sp³-hybridized carbons (Fsp3) is 0.263. The Morgan fingerprint density at radius 3 is 2.09 bits per heavy atom. The van der Waals surface area contributed by atoms with Crippen molar-refractivity contribution in [2.24, 2.45) is 0 Å². The fourth-order valence-corrected chi connectivity index (χ4v) is 5.01. The standard InChI is InChI=1S/C19H18N6O7S/c1-13-16(24(26)27)11-14(12-17(13)25(28)29)33(30,31)23-8-6-22(7-9-23)19-5-4-15(20-21-19)18-3-2-10-32-18/h2-5,10-12H,6-9H2,1H3. The molecule has 3 heterocycles. The van der Waals surface area contributed by atoms with Crippen molar-refractivity contribution in [2.45, 2.75) is 11.8 Å². The van der Waals surface area contributed by atoms with Crippen LogP contribution in [-0.2, 0) is 10.0 Å². The smallest absolute Gasteiger partial charge is 0.280 e. The zero-order valence-corrected chi connectivity index (χ0v) is 18.1. The van der Waals surface area contributed by atoms with E-state index < -0.39 is 36.1 Å². The number of hydrogen-bond acceptors (Lipinski definition) is 10. The summed E-state index contributed by atoms with van der Waals surface area (Å²) in [6.07, 6.45) is 1.53. The number of nitrogens with zero attached hydrogens (tertiary/aromatic N) is 6. The second-order valence-electron chi connectivity index (χ2n) is 7.25. The van der Waals surface area contributed by atoms with Crippen molar-refractivity contribution in [3.8, 4) is 11.5 Å². The van der Waals surface area contributed by atoms with Gasteiger partial charge in [0.15, 0.2) is 11.6 Å². The van der Waals surface area contributed by atoms with E-state index in [2.05, 4.69) is 10.2 Å². The van der Waals surface area contributed by atoms with Crippen LogP contribution >= 0.6 is 0 Å². The molecule has 2 aromatic heterocycles. The summed E-state index contributed by atoms with van der Waals surface area (Å²) in [5.74, 6) is 1.13. The first-order valence-corrected chi connectivity index (χ1v) is 11.2. The molecule has 33 heavy (non-hydrogen) atoms. The molecule has 0 radical (unpaired) electrons. The van der Waals surface area contributed by atoms with Crippen molar-refractivity contribution in [3.63, 3.8) is 0 Å². The summed E-state index contributed by atoms with van der Waals surface area (Å²) in [5.41, 5.74) is -0.875. The molecule has 0 aliphatic carbocycles. The first kappa shape index (κ1) is 22.3. The van der Waals surface area contributed by atoms with Gasteiger partial charge < -0.3 is 9.32 Å². The number of hydrogen-bond donors (Lipinski definition) is 0. The Hall–Kier alpha value is -3.91. The van der Waals surface area contributed by atoms with E-state index in [0.717, 1.165) is 16.4 Å². The molecular formula is C19H18N6O7S. The van der Waals surface area contributed by atoms with Gasteiger partial charge in [-0.25, -0.2) is 8.42 Å². The Labute approximate surface area is 187 Å². The van der Waals surface area contributed by atoms with Gasteiger partial charge in [-0.15, -0.1) is 10.2 Å². The molecule has 172 valence electrons. The number of benzene rings is 1. The molecule has 1 aliphatic heterocycles. The molecule has 14 heteroatoms. The highest BCUT2D eigenvalue weighted by molar-refractivity contribution is 7.89. The van der Waals surface area contributed by atoms with E-state index in [1.165, 1.54) is 13.2 Å². The number of piperazine rings is 1. The molecule has 0 bridgehead atoms. The van der Waals surface area contributed by atoms with Crippen LogP contribution in [0.5, 0.6) is 0 Å². The maximum absolute atomic E-state index is 13.1. The van der Waals surface area contributed by atoms with Crippen molar-refractivity contribution in [2.75, 3.05) is 31.1 Å². The highest BCUT2D eigenvalue weighted by Gasteiger charge is 2.33. The third-order valence-electron chi connectivity index (χ3n) is 5.34. The summed E-state index contributed by atoms with van der Waals surface area (Å²) in [7, 11) is -4.18. The molecule has 1 aliphatic rings. The molecule has 1 aromatic carbocycles. The van der Waals surface area contributed by atoms with Crippen LogP contribution < -0.4 is 4.90 Å². The Morgan fingerprint density at radius 1 is 0.970 bits per heavy atom. The van der Waals surface area contributed by atoms with Crippen LogP contribution in [-0.4, -0.2) is 58.9 Å². The molecule has 13 nitrogen and oxygen atoms in total. The summed E-state index contributed by atoms with van der Waals surface area (Å²) in [5, 5.41) is 30.9. The highest BCUT2D eigenvalue weighted by Crippen LogP contribution is 2.33. The van der Waals surface area contributed by atoms with Crippen LogP contribution in [0.1, 0.15) is 5.56 Å². The third-order valence-corrected chi connectivity index (χ3v) is 7.22. The number of furan rings is 1. The van der Waals surface area contributed by atoms with E-state index >= 15 is 0 Å². The number of sulfonamides is 1. The lowest BCUT2D eigenvalue weighted by Crippen LogP contribution is -2.49. The minimum atomic E-state index is -4.18. The van der Waals surface area contributed by atoms with Gasteiger partial charge in [0.2, 0.25) is 10.0 Å². The normalized spacial score (nSPS) is 14.9. The van der Waals surface area contributed by atoms with E-state index in [1.807, 2.05) is 4.90 Å². The average Bonchev–Trinajstić information content (AvgIpc) is 3.34. The van der Waals surface area contributed by atoms with Gasteiger partial charge in [-0.3, -0.25) is 20.2 Å². The van der Waals surface area contributed by atoms with Crippen LogP contribution in [0, 0.1) is 27.2 Å². The lowest BCUT2D eigenvalue weighted by atomic mass is 10.1. The lowest BCUT2D eigenvalue weighted by molar-refractivity contribution is -0.395. The van der Waals surface area contributed by atoms with Crippen LogP contribution in [0.2, 0.25) is 0 Å². The molecule has 0 spiro atoms. The van der Waals surface area contributed by atoms with Gasteiger partial charge in [-0.05, 0) is 31.2 Å². The van der Waals surface area contributed by atoms with Crippen LogP contribution in [0.25, 0.3) is 11.5 Å². The monoisotopic (exact) mass is 474 g/mol.